The zero-order chi connectivity index (χ0) is 24.8. The number of ketones is 1. The number of morpholine rings is 1. The summed E-state index contributed by atoms with van der Waals surface area (Å²) in [4.78, 5) is 30.2. The fourth-order valence-corrected chi connectivity index (χ4v) is 4.38. The average Bonchev–Trinajstić information content (AvgIpc) is 3.12. The predicted molar refractivity (Wildman–Crippen MR) is 134 cm³/mol. The van der Waals surface area contributed by atoms with Crippen LogP contribution in [-0.4, -0.2) is 72.1 Å². The fourth-order valence-electron chi connectivity index (χ4n) is 4.38. The second-order valence-electron chi connectivity index (χ2n) is 8.96. The minimum atomic E-state index is -0.676. The molecule has 2 heterocycles. The molecule has 1 N–H and O–H groups in total. The molecular weight excluding hydrogens is 444 g/mol. The molecule has 2 aliphatic heterocycles. The van der Waals surface area contributed by atoms with Crippen LogP contribution >= 0.6 is 0 Å². The topological polar surface area (TPSA) is 79.3 Å². The first-order valence-electron chi connectivity index (χ1n) is 12.0. The van der Waals surface area contributed by atoms with E-state index in [0.717, 1.165) is 24.2 Å². The largest absolute Gasteiger partial charge is 0.503 e. The van der Waals surface area contributed by atoms with Crippen molar-refractivity contribution < 1.29 is 24.2 Å². The number of hydrogen-bond acceptors (Lipinski definition) is 6. The molecule has 1 saturated heterocycles. The molecule has 1 amide bonds. The van der Waals surface area contributed by atoms with Crippen LogP contribution < -0.4 is 4.74 Å². The summed E-state index contributed by atoms with van der Waals surface area (Å²) in [7, 11) is 0. The Labute approximate surface area is 206 Å². The summed E-state index contributed by atoms with van der Waals surface area (Å²) in [6.45, 7) is 7.82. The Morgan fingerprint density at radius 1 is 1.09 bits per heavy atom. The smallest absolute Gasteiger partial charge is 0.290 e. The molecule has 0 bridgehead atoms. The molecule has 7 nitrogen and oxygen atoms in total. The number of allylic oxidation sites excluding steroid dienone is 1. The van der Waals surface area contributed by atoms with Gasteiger partial charge in [-0.3, -0.25) is 14.5 Å². The summed E-state index contributed by atoms with van der Waals surface area (Å²) in [5.41, 5.74) is 1.71. The number of aliphatic hydroxyl groups excluding tert-OH is 1. The van der Waals surface area contributed by atoms with Crippen LogP contribution in [0.15, 0.2) is 72.0 Å². The van der Waals surface area contributed by atoms with Gasteiger partial charge >= 0.3 is 0 Å². The van der Waals surface area contributed by atoms with Crippen molar-refractivity contribution in [1.82, 2.24) is 9.80 Å². The van der Waals surface area contributed by atoms with Crippen molar-refractivity contribution in [2.75, 3.05) is 39.4 Å². The van der Waals surface area contributed by atoms with Crippen LogP contribution in [0.2, 0.25) is 0 Å². The molecule has 2 aromatic carbocycles. The van der Waals surface area contributed by atoms with Gasteiger partial charge < -0.3 is 19.5 Å². The molecule has 7 heteroatoms. The Morgan fingerprint density at radius 2 is 1.77 bits per heavy atom. The number of rotatable bonds is 9. The first-order chi connectivity index (χ1) is 16.9. The summed E-state index contributed by atoms with van der Waals surface area (Å²) in [5, 5.41) is 10.8. The van der Waals surface area contributed by atoms with Gasteiger partial charge in [-0.2, -0.15) is 0 Å². The number of carbonyl (C=O) groups excluding carboxylic acids is 2. The van der Waals surface area contributed by atoms with E-state index in [9.17, 15) is 14.7 Å². The van der Waals surface area contributed by atoms with Gasteiger partial charge in [-0.1, -0.05) is 48.5 Å². The lowest BCUT2D eigenvalue weighted by Crippen LogP contribution is -2.43. The first-order valence-corrected chi connectivity index (χ1v) is 12.0. The molecule has 0 aromatic heterocycles. The van der Waals surface area contributed by atoms with E-state index >= 15 is 0 Å². The number of hydrogen-bond donors (Lipinski definition) is 1. The zero-order valence-corrected chi connectivity index (χ0v) is 20.2. The lowest BCUT2D eigenvalue weighted by molar-refractivity contribution is -0.129. The molecule has 0 radical (unpaired) electrons. The van der Waals surface area contributed by atoms with Crippen LogP contribution in [0.5, 0.6) is 5.75 Å². The molecule has 2 aromatic rings. The van der Waals surface area contributed by atoms with Gasteiger partial charge in [0.25, 0.3) is 5.91 Å². The van der Waals surface area contributed by atoms with Crippen molar-refractivity contribution in [1.29, 1.82) is 0 Å². The monoisotopic (exact) mass is 476 g/mol. The van der Waals surface area contributed by atoms with Crippen molar-refractivity contribution in [3.05, 3.63) is 83.1 Å². The molecule has 1 fully saturated rings. The van der Waals surface area contributed by atoms with E-state index in [2.05, 4.69) is 4.90 Å². The standard InChI is InChI=1S/C28H32N2O5/c1-20(2)35-23-11-9-22(10-12-23)26-25(24(31)13-8-21-6-4-3-5-7-21)27(32)28(33)30(26)15-14-29-16-18-34-19-17-29/h3-13,20,26,32H,14-19H2,1-2H3/b13-8+. The fraction of sp³-hybridized carbons (Fsp3) is 0.357. The van der Waals surface area contributed by atoms with Gasteiger partial charge in [-0.05, 0) is 43.2 Å². The average molecular weight is 477 g/mol. The molecule has 0 spiro atoms. The van der Waals surface area contributed by atoms with Gasteiger partial charge in [-0.25, -0.2) is 0 Å². The van der Waals surface area contributed by atoms with E-state index in [1.165, 1.54) is 6.08 Å². The van der Waals surface area contributed by atoms with Crippen LogP contribution in [0.3, 0.4) is 0 Å². The van der Waals surface area contributed by atoms with Gasteiger partial charge in [0, 0.05) is 26.2 Å². The van der Waals surface area contributed by atoms with Crippen molar-refractivity contribution in [2.45, 2.75) is 26.0 Å². The SMILES string of the molecule is CC(C)Oc1ccc(C2C(C(=O)/C=C/c3ccccc3)=C(O)C(=O)N2CCN2CCOCC2)cc1. The van der Waals surface area contributed by atoms with E-state index in [1.807, 2.05) is 68.4 Å². The number of nitrogens with zero attached hydrogens (tertiary/aromatic N) is 2. The van der Waals surface area contributed by atoms with Crippen LogP contribution in [0, 0.1) is 0 Å². The summed E-state index contributed by atoms with van der Waals surface area (Å²) >= 11 is 0. The van der Waals surface area contributed by atoms with Gasteiger partial charge in [0.2, 0.25) is 0 Å². The third-order valence-corrected chi connectivity index (χ3v) is 6.12. The van der Waals surface area contributed by atoms with Gasteiger partial charge in [0.1, 0.15) is 5.75 Å². The van der Waals surface area contributed by atoms with Crippen LogP contribution in [0.4, 0.5) is 0 Å². The highest BCUT2D eigenvalue weighted by atomic mass is 16.5. The maximum absolute atomic E-state index is 13.3. The van der Waals surface area contributed by atoms with Crippen LogP contribution in [0.25, 0.3) is 6.08 Å². The van der Waals surface area contributed by atoms with Crippen LogP contribution in [-0.2, 0) is 14.3 Å². The van der Waals surface area contributed by atoms with E-state index in [-0.39, 0.29) is 17.5 Å². The first kappa shape index (κ1) is 24.7. The Morgan fingerprint density at radius 3 is 2.43 bits per heavy atom. The number of amides is 1. The predicted octanol–water partition coefficient (Wildman–Crippen LogP) is 3.78. The normalized spacial score (nSPS) is 19.2. The van der Waals surface area contributed by atoms with Crippen molar-refractivity contribution >= 4 is 17.8 Å². The molecule has 184 valence electrons. The summed E-state index contributed by atoms with van der Waals surface area (Å²) in [5.74, 6) is -0.691. The maximum Gasteiger partial charge on any atom is 0.290 e. The number of benzene rings is 2. The second kappa shape index (κ2) is 11.3. The zero-order valence-electron chi connectivity index (χ0n) is 20.2. The Kier molecular flexibility index (Phi) is 8.00. The highest BCUT2D eigenvalue weighted by molar-refractivity contribution is 6.14. The Bertz CT molecular complexity index is 1090. The van der Waals surface area contributed by atoms with E-state index < -0.39 is 17.7 Å². The minimum Gasteiger partial charge on any atom is -0.503 e. The van der Waals surface area contributed by atoms with Crippen molar-refractivity contribution in [3.8, 4) is 5.75 Å². The number of aliphatic hydroxyl groups is 1. The number of carbonyl (C=O) groups is 2. The second-order valence-corrected chi connectivity index (χ2v) is 8.96. The number of ether oxygens (including phenoxy) is 2. The van der Waals surface area contributed by atoms with E-state index in [4.69, 9.17) is 9.47 Å². The van der Waals surface area contributed by atoms with Gasteiger partial charge in [0.15, 0.2) is 11.5 Å². The molecule has 4 rings (SSSR count). The van der Waals surface area contributed by atoms with Crippen molar-refractivity contribution in [3.63, 3.8) is 0 Å². The summed E-state index contributed by atoms with van der Waals surface area (Å²) < 4.78 is 11.2. The third kappa shape index (κ3) is 5.99. The Balaban J connectivity index is 1.62. The molecule has 2 aliphatic rings. The minimum absolute atomic E-state index is 0.0307. The lowest BCUT2D eigenvalue weighted by Gasteiger charge is -2.31. The van der Waals surface area contributed by atoms with Crippen molar-refractivity contribution in [2.24, 2.45) is 0 Å². The van der Waals surface area contributed by atoms with Gasteiger partial charge in [-0.15, -0.1) is 0 Å². The molecule has 0 saturated carbocycles. The van der Waals surface area contributed by atoms with E-state index in [0.29, 0.717) is 32.1 Å². The van der Waals surface area contributed by atoms with Crippen LogP contribution in [0.1, 0.15) is 31.0 Å². The molecule has 0 aliphatic carbocycles. The lowest BCUT2D eigenvalue weighted by atomic mass is 9.95. The maximum atomic E-state index is 13.3. The summed E-state index contributed by atoms with van der Waals surface area (Å²) in [6.07, 6.45) is 3.14. The Hall–Kier alpha value is -3.42. The highest BCUT2D eigenvalue weighted by Crippen LogP contribution is 2.38. The quantitative estimate of drug-likeness (QED) is 0.555. The molecule has 1 atom stereocenters. The van der Waals surface area contributed by atoms with E-state index in [1.54, 1.807) is 11.0 Å². The molecule has 35 heavy (non-hydrogen) atoms. The molecular formula is C28H32N2O5. The van der Waals surface area contributed by atoms with Gasteiger partial charge in [0.05, 0.1) is 30.9 Å². The summed E-state index contributed by atoms with van der Waals surface area (Å²) in [6, 6.07) is 16.1. The highest BCUT2D eigenvalue weighted by Gasteiger charge is 2.42. The molecule has 1 unspecified atom stereocenters. The third-order valence-electron chi connectivity index (χ3n) is 6.12.